The van der Waals surface area contributed by atoms with E-state index in [-0.39, 0.29) is 11.7 Å². The predicted octanol–water partition coefficient (Wildman–Crippen LogP) is 3.56. The largest absolute Gasteiger partial charge is 0.298 e. The van der Waals surface area contributed by atoms with Crippen LogP contribution in [-0.2, 0) is 11.2 Å². The quantitative estimate of drug-likeness (QED) is 0.776. The molecule has 0 saturated carbocycles. The lowest BCUT2D eigenvalue weighted by Gasteiger charge is -2.02. The van der Waals surface area contributed by atoms with Gasteiger partial charge in [0.25, 0.3) is 0 Å². The van der Waals surface area contributed by atoms with Gasteiger partial charge in [-0.25, -0.2) is 0 Å². The smallest absolute Gasteiger partial charge is 0.151 e. The number of alkyl halides is 1. The molecule has 0 N–H and O–H groups in total. The number of benzene rings is 1. The van der Waals surface area contributed by atoms with Gasteiger partial charge in [0.1, 0.15) is 0 Å². The molecule has 0 bridgehead atoms. The summed E-state index contributed by atoms with van der Waals surface area (Å²) in [5, 5.41) is 0. The van der Waals surface area contributed by atoms with Gasteiger partial charge in [0.2, 0.25) is 0 Å². The van der Waals surface area contributed by atoms with Gasteiger partial charge in [0.15, 0.2) is 5.78 Å². The minimum absolute atomic E-state index is 0.0282. The highest BCUT2D eigenvalue weighted by molar-refractivity contribution is 9.11. The van der Waals surface area contributed by atoms with E-state index in [4.69, 9.17) is 11.6 Å². The zero-order chi connectivity index (χ0) is 9.84. The predicted molar refractivity (Wildman–Crippen MR) is 61.3 cm³/mol. The Bertz CT molecular complexity index is 325. The highest BCUT2D eigenvalue weighted by Crippen LogP contribution is 2.22. The van der Waals surface area contributed by atoms with Gasteiger partial charge in [-0.15, -0.1) is 11.6 Å². The summed E-state index contributed by atoms with van der Waals surface area (Å²) in [6.07, 6.45) is 0.378. The molecule has 0 aliphatic rings. The van der Waals surface area contributed by atoms with E-state index in [2.05, 4.69) is 31.9 Å². The first-order chi connectivity index (χ1) is 6.13. The molecule has 1 aromatic rings. The van der Waals surface area contributed by atoms with Crippen molar-refractivity contribution < 1.29 is 4.79 Å². The van der Waals surface area contributed by atoms with Crippen molar-refractivity contribution in [3.05, 3.63) is 32.7 Å². The standard InChI is InChI=1S/C9H7Br2ClO/c10-7-1-2-9(11)6(3-7)4-8(13)5-12/h1-3H,4-5H2. The number of Topliss-reactive ketones (excluding diaryl/α,β-unsaturated/α-hetero) is 1. The number of ketones is 1. The van der Waals surface area contributed by atoms with Crippen LogP contribution in [0.5, 0.6) is 0 Å². The van der Waals surface area contributed by atoms with Crippen LogP contribution < -0.4 is 0 Å². The van der Waals surface area contributed by atoms with Crippen molar-refractivity contribution in [1.29, 1.82) is 0 Å². The maximum Gasteiger partial charge on any atom is 0.151 e. The van der Waals surface area contributed by atoms with Crippen molar-refractivity contribution in [3.63, 3.8) is 0 Å². The maximum atomic E-state index is 11.1. The highest BCUT2D eigenvalue weighted by atomic mass is 79.9. The Balaban J connectivity index is 2.87. The minimum atomic E-state index is 0.0282. The molecule has 70 valence electrons. The second-order valence-corrected chi connectivity index (χ2v) is 4.62. The molecule has 0 aliphatic carbocycles. The fourth-order valence-corrected chi connectivity index (χ4v) is 1.83. The summed E-state index contributed by atoms with van der Waals surface area (Å²) >= 11 is 12.1. The van der Waals surface area contributed by atoms with Gasteiger partial charge in [-0.3, -0.25) is 4.79 Å². The normalized spacial score (nSPS) is 10.1. The molecule has 0 aromatic heterocycles. The molecule has 0 amide bonds. The molecule has 1 rings (SSSR count). The lowest BCUT2D eigenvalue weighted by molar-refractivity contribution is -0.116. The summed E-state index contributed by atoms with van der Waals surface area (Å²) < 4.78 is 1.90. The number of hydrogen-bond acceptors (Lipinski definition) is 1. The van der Waals surface area contributed by atoms with Crippen LogP contribution in [0.25, 0.3) is 0 Å². The summed E-state index contributed by atoms with van der Waals surface area (Å²) in [4.78, 5) is 11.1. The van der Waals surface area contributed by atoms with Gasteiger partial charge in [-0.2, -0.15) is 0 Å². The highest BCUT2D eigenvalue weighted by Gasteiger charge is 2.05. The third-order valence-electron chi connectivity index (χ3n) is 1.54. The van der Waals surface area contributed by atoms with Crippen LogP contribution in [0.4, 0.5) is 0 Å². The van der Waals surface area contributed by atoms with Gasteiger partial charge >= 0.3 is 0 Å². The monoisotopic (exact) mass is 324 g/mol. The van der Waals surface area contributed by atoms with Crippen LogP contribution in [-0.4, -0.2) is 11.7 Å². The van der Waals surface area contributed by atoms with Gasteiger partial charge in [0, 0.05) is 15.4 Å². The molecule has 0 atom stereocenters. The van der Waals surface area contributed by atoms with Crippen molar-refractivity contribution in [2.45, 2.75) is 6.42 Å². The molecule has 0 fully saturated rings. The number of carbonyl (C=O) groups excluding carboxylic acids is 1. The third kappa shape index (κ3) is 3.41. The molecule has 4 heteroatoms. The first-order valence-electron chi connectivity index (χ1n) is 3.65. The molecule has 0 radical (unpaired) electrons. The Labute approximate surface area is 98.7 Å². The molecule has 13 heavy (non-hydrogen) atoms. The lowest BCUT2D eigenvalue weighted by atomic mass is 10.1. The average molecular weight is 326 g/mol. The van der Waals surface area contributed by atoms with Crippen LogP contribution >= 0.6 is 43.5 Å². The van der Waals surface area contributed by atoms with Crippen molar-refractivity contribution in [1.82, 2.24) is 0 Å². The minimum Gasteiger partial charge on any atom is -0.298 e. The SMILES string of the molecule is O=C(CCl)Cc1cc(Br)ccc1Br. The molecule has 0 unspecified atom stereocenters. The van der Waals surface area contributed by atoms with Crippen LogP contribution in [0.1, 0.15) is 5.56 Å². The van der Waals surface area contributed by atoms with E-state index in [9.17, 15) is 4.79 Å². The summed E-state index contributed by atoms with van der Waals surface area (Å²) in [5.41, 5.74) is 0.958. The van der Waals surface area contributed by atoms with Gasteiger partial charge < -0.3 is 0 Å². The zero-order valence-electron chi connectivity index (χ0n) is 6.69. The van der Waals surface area contributed by atoms with Gasteiger partial charge in [-0.1, -0.05) is 31.9 Å². The van der Waals surface area contributed by atoms with E-state index in [0.29, 0.717) is 6.42 Å². The fraction of sp³-hybridized carbons (Fsp3) is 0.222. The third-order valence-corrected chi connectivity index (χ3v) is 3.11. The molecular weight excluding hydrogens is 319 g/mol. The van der Waals surface area contributed by atoms with Crippen LogP contribution in [0.2, 0.25) is 0 Å². The van der Waals surface area contributed by atoms with Crippen molar-refractivity contribution in [2.75, 3.05) is 5.88 Å². The zero-order valence-corrected chi connectivity index (χ0v) is 10.6. The molecule has 0 heterocycles. The number of rotatable bonds is 3. The lowest BCUT2D eigenvalue weighted by Crippen LogP contribution is -2.04. The van der Waals surface area contributed by atoms with E-state index in [1.165, 1.54) is 0 Å². The number of halogens is 3. The molecule has 1 nitrogen and oxygen atoms in total. The Hall–Kier alpha value is 0.140. The van der Waals surface area contributed by atoms with Crippen LogP contribution in [0.3, 0.4) is 0 Å². The Morgan fingerprint density at radius 3 is 2.69 bits per heavy atom. The van der Waals surface area contributed by atoms with E-state index < -0.39 is 0 Å². The average Bonchev–Trinajstić information content (AvgIpc) is 2.11. The number of carbonyl (C=O) groups is 1. The second kappa shape index (κ2) is 5.13. The molecular formula is C9H7Br2ClO. The molecule has 0 aliphatic heterocycles. The number of hydrogen-bond donors (Lipinski definition) is 0. The molecule has 1 aromatic carbocycles. The Kier molecular flexibility index (Phi) is 4.42. The summed E-state index contributed by atoms with van der Waals surface area (Å²) in [6.45, 7) is 0. The van der Waals surface area contributed by atoms with Gasteiger partial charge in [0.05, 0.1) is 5.88 Å². The van der Waals surface area contributed by atoms with E-state index in [0.717, 1.165) is 14.5 Å². The summed E-state index contributed by atoms with van der Waals surface area (Å²) in [6, 6.07) is 5.73. The Morgan fingerprint density at radius 2 is 2.08 bits per heavy atom. The second-order valence-electron chi connectivity index (χ2n) is 2.58. The molecule has 0 spiro atoms. The van der Waals surface area contributed by atoms with Crippen molar-refractivity contribution in [3.8, 4) is 0 Å². The summed E-state index contributed by atoms with van der Waals surface area (Å²) in [7, 11) is 0. The van der Waals surface area contributed by atoms with E-state index >= 15 is 0 Å². The van der Waals surface area contributed by atoms with E-state index in [1.54, 1.807) is 0 Å². The fourth-order valence-electron chi connectivity index (χ4n) is 0.938. The first-order valence-corrected chi connectivity index (χ1v) is 5.77. The van der Waals surface area contributed by atoms with E-state index in [1.807, 2.05) is 18.2 Å². The van der Waals surface area contributed by atoms with Crippen molar-refractivity contribution >= 4 is 49.2 Å². The first kappa shape index (κ1) is 11.2. The van der Waals surface area contributed by atoms with Gasteiger partial charge in [-0.05, 0) is 23.8 Å². The topological polar surface area (TPSA) is 17.1 Å². The maximum absolute atomic E-state index is 11.1. The van der Waals surface area contributed by atoms with Crippen molar-refractivity contribution in [2.24, 2.45) is 0 Å². The Morgan fingerprint density at radius 1 is 1.38 bits per heavy atom. The molecule has 0 saturated heterocycles. The summed E-state index contributed by atoms with van der Waals surface area (Å²) in [5.74, 6) is 0.0966. The van der Waals surface area contributed by atoms with Crippen LogP contribution in [0, 0.1) is 0 Å². The van der Waals surface area contributed by atoms with Crippen LogP contribution in [0.15, 0.2) is 27.1 Å².